The van der Waals surface area contributed by atoms with E-state index in [2.05, 4.69) is 27.8 Å². The van der Waals surface area contributed by atoms with Crippen molar-refractivity contribution in [2.24, 2.45) is 0 Å². The Kier molecular flexibility index (Phi) is 3.42. The third-order valence-corrected chi connectivity index (χ3v) is 3.49. The summed E-state index contributed by atoms with van der Waals surface area (Å²) < 4.78 is 1.56. The Bertz CT molecular complexity index is 579. The maximum absolute atomic E-state index is 12.5. The predicted molar refractivity (Wildman–Crippen MR) is 72.5 cm³/mol. The van der Waals surface area contributed by atoms with Crippen LogP contribution in [0.25, 0.3) is 5.69 Å². The van der Waals surface area contributed by atoms with E-state index in [1.807, 2.05) is 29.2 Å². The van der Waals surface area contributed by atoms with Crippen molar-refractivity contribution in [2.45, 2.75) is 13.0 Å². The molecule has 1 aromatic heterocycles. The molecule has 1 N–H and O–H groups in total. The average molecular weight is 272 g/mol. The van der Waals surface area contributed by atoms with Gasteiger partial charge < -0.3 is 10.2 Å². The van der Waals surface area contributed by atoms with E-state index in [1.165, 1.54) is 6.33 Å². The number of amides is 1. The fourth-order valence-electron chi connectivity index (χ4n) is 2.34. The van der Waals surface area contributed by atoms with Crippen molar-refractivity contribution in [1.29, 1.82) is 0 Å². The van der Waals surface area contributed by atoms with Crippen molar-refractivity contribution in [1.82, 2.24) is 30.4 Å². The monoisotopic (exact) mass is 272 g/mol. The third-order valence-electron chi connectivity index (χ3n) is 3.49. The summed E-state index contributed by atoms with van der Waals surface area (Å²) in [6.45, 7) is 4.49. The lowest BCUT2D eigenvalue weighted by atomic mass is 10.1. The maximum atomic E-state index is 12.5. The van der Waals surface area contributed by atoms with Crippen molar-refractivity contribution in [2.75, 3.05) is 19.6 Å². The van der Waals surface area contributed by atoms with Crippen LogP contribution < -0.4 is 5.32 Å². The lowest BCUT2D eigenvalue weighted by Crippen LogP contribution is -2.52. The standard InChI is InChI=1S/C13H16N6O/c1-10-8-14-6-7-18(10)13(20)11-2-4-12(5-3-11)19-9-15-16-17-19/h2-5,9-10,14H,6-8H2,1H3. The van der Waals surface area contributed by atoms with Crippen LogP contribution >= 0.6 is 0 Å². The lowest BCUT2D eigenvalue weighted by molar-refractivity contribution is 0.0656. The van der Waals surface area contributed by atoms with Crippen molar-refractivity contribution in [3.05, 3.63) is 36.2 Å². The minimum atomic E-state index is 0.0715. The summed E-state index contributed by atoms with van der Waals surface area (Å²) in [7, 11) is 0. The first kappa shape index (κ1) is 12.7. The number of hydrogen-bond acceptors (Lipinski definition) is 5. The molecule has 0 bridgehead atoms. The fraction of sp³-hybridized carbons (Fsp3) is 0.385. The van der Waals surface area contributed by atoms with Crippen LogP contribution in [0.2, 0.25) is 0 Å². The SMILES string of the molecule is CC1CNCCN1C(=O)c1ccc(-n2cnnn2)cc1. The Morgan fingerprint density at radius 3 is 2.80 bits per heavy atom. The van der Waals surface area contributed by atoms with E-state index in [-0.39, 0.29) is 11.9 Å². The van der Waals surface area contributed by atoms with E-state index in [4.69, 9.17) is 0 Å². The van der Waals surface area contributed by atoms with E-state index in [9.17, 15) is 4.79 Å². The normalized spacial score (nSPS) is 19.1. The van der Waals surface area contributed by atoms with Crippen LogP contribution in [0, 0.1) is 0 Å². The number of nitrogens with zero attached hydrogens (tertiary/aromatic N) is 5. The highest BCUT2D eigenvalue weighted by Gasteiger charge is 2.23. The molecule has 1 atom stereocenters. The molecule has 2 heterocycles. The maximum Gasteiger partial charge on any atom is 0.254 e. The van der Waals surface area contributed by atoms with Crippen molar-refractivity contribution in [3.8, 4) is 5.69 Å². The summed E-state index contributed by atoms with van der Waals surface area (Å²) >= 11 is 0. The zero-order valence-electron chi connectivity index (χ0n) is 11.2. The zero-order valence-corrected chi connectivity index (χ0v) is 11.2. The van der Waals surface area contributed by atoms with Crippen LogP contribution in [-0.2, 0) is 0 Å². The molecule has 1 fully saturated rings. The average Bonchev–Trinajstić information content (AvgIpc) is 3.01. The molecular weight excluding hydrogens is 256 g/mol. The number of nitrogens with one attached hydrogen (secondary N) is 1. The van der Waals surface area contributed by atoms with Crippen LogP contribution in [0.4, 0.5) is 0 Å². The third kappa shape index (κ3) is 2.39. The molecule has 1 aliphatic heterocycles. The highest BCUT2D eigenvalue weighted by Crippen LogP contribution is 2.13. The second-order valence-corrected chi connectivity index (χ2v) is 4.85. The number of benzene rings is 1. The van der Waals surface area contributed by atoms with Crippen LogP contribution in [0.3, 0.4) is 0 Å². The van der Waals surface area contributed by atoms with Crippen molar-refractivity contribution < 1.29 is 4.79 Å². The number of piperazine rings is 1. The molecule has 1 unspecified atom stereocenters. The molecule has 104 valence electrons. The molecule has 3 rings (SSSR count). The smallest absolute Gasteiger partial charge is 0.254 e. The van der Waals surface area contributed by atoms with Gasteiger partial charge in [-0.3, -0.25) is 4.79 Å². The van der Waals surface area contributed by atoms with Crippen LogP contribution in [-0.4, -0.2) is 56.7 Å². The molecule has 7 nitrogen and oxygen atoms in total. The Labute approximate surface area is 116 Å². The molecule has 1 aliphatic rings. The minimum absolute atomic E-state index is 0.0715. The Morgan fingerprint density at radius 2 is 2.15 bits per heavy atom. The molecule has 1 saturated heterocycles. The molecule has 0 saturated carbocycles. The first-order chi connectivity index (χ1) is 9.75. The molecular formula is C13H16N6O. The van der Waals surface area contributed by atoms with Crippen LogP contribution in [0.15, 0.2) is 30.6 Å². The second kappa shape index (κ2) is 5.38. The summed E-state index contributed by atoms with van der Waals surface area (Å²) in [5.74, 6) is 0.0715. The summed E-state index contributed by atoms with van der Waals surface area (Å²) in [5, 5.41) is 14.3. The van der Waals surface area contributed by atoms with Crippen LogP contribution in [0.5, 0.6) is 0 Å². The molecule has 1 aromatic carbocycles. The van der Waals surface area contributed by atoms with Gasteiger partial charge in [-0.05, 0) is 41.6 Å². The molecule has 0 aliphatic carbocycles. The number of carbonyl (C=O) groups is 1. The van der Waals surface area contributed by atoms with Gasteiger partial charge in [-0.2, -0.15) is 0 Å². The highest BCUT2D eigenvalue weighted by atomic mass is 16.2. The summed E-state index contributed by atoms with van der Waals surface area (Å²) in [6.07, 6.45) is 1.52. The number of aromatic nitrogens is 4. The predicted octanol–water partition coefficient (Wildman–Crippen LogP) is 0.0962. The van der Waals surface area contributed by atoms with E-state index in [0.29, 0.717) is 5.56 Å². The first-order valence-corrected chi connectivity index (χ1v) is 6.61. The second-order valence-electron chi connectivity index (χ2n) is 4.85. The zero-order chi connectivity index (χ0) is 13.9. The molecule has 2 aromatic rings. The quantitative estimate of drug-likeness (QED) is 0.839. The number of carbonyl (C=O) groups excluding carboxylic acids is 1. The summed E-state index contributed by atoms with van der Waals surface area (Å²) in [6, 6.07) is 7.53. The van der Waals surface area contributed by atoms with Gasteiger partial charge in [0, 0.05) is 31.2 Å². The van der Waals surface area contributed by atoms with Crippen LogP contribution in [0.1, 0.15) is 17.3 Å². The largest absolute Gasteiger partial charge is 0.333 e. The number of tetrazole rings is 1. The number of rotatable bonds is 2. The highest BCUT2D eigenvalue weighted by molar-refractivity contribution is 5.94. The Morgan fingerprint density at radius 1 is 1.35 bits per heavy atom. The number of hydrogen-bond donors (Lipinski definition) is 1. The van der Waals surface area contributed by atoms with Gasteiger partial charge in [0.1, 0.15) is 6.33 Å². The Balaban J connectivity index is 1.78. The van der Waals surface area contributed by atoms with Crippen molar-refractivity contribution in [3.63, 3.8) is 0 Å². The van der Waals surface area contributed by atoms with E-state index in [0.717, 1.165) is 25.3 Å². The molecule has 1 amide bonds. The van der Waals surface area contributed by atoms with E-state index >= 15 is 0 Å². The first-order valence-electron chi connectivity index (χ1n) is 6.61. The van der Waals surface area contributed by atoms with E-state index in [1.54, 1.807) is 4.68 Å². The van der Waals surface area contributed by atoms with Gasteiger partial charge in [0.25, 0.3) is 5.91 Å². The molecule has 20 heavy (non-hydrogen) atoms. The fourth-order valence-corrected chi connectivity index (χ4v) is 2.34. The van der Waals surface area contributed by atoms with Gasteiger partial charge in [-0.25, -0.2) is 4.68 Å². The van der Waals surface area contributed by atoms with Gasteiger partial charge in [-0.15, -0.1) is 5.10 Å². The van der Waals surface area contributed by atoms with Gasteiger partial charge >= 0.3 is 0 Å². The van der Waals surface area contributed by atoms with Gasteiger partial charge in [0.15, 0.2) is 0 Å². The minimum Gasteiger partial charge on any atom is -0.333 e. The summed E-state index contributed by atoms with van der Waals surface area (Å²) in [4.78, 5) is 14.4. The van der Waals surface area contributed by atoms with Gasteiger partial charge in [-0.1, -0.05) is 0 Å². The van der Waals surface area contributed by atoms with Gasteiger partial charge in [0.05, 0.1) is 5.69 Å². The van der Waals surface area contributed by atoms with Gasteiger partial charge in [0.2, 0.25) is 0 Å². The molecule has 7 heteroatoms. The molecule has 0 spiro atoms. The topological polar surface area (TPSA) is 75.9 Å². The molecule has 0 radical (unpaired) electrons. The Hall–Kier alpha value is -2.28. The van der Waals surface area contributed by atoms with E-state index < -0.39 is 0 Å². The van der Waals surface area contributed by atoms with Crippen molar-refractivity contribution >= 4 is 5.91 Å². The lowest BCUT2D eigenvalue weighted by Gasteiger charge is -2.34. The summed E-state index contributed by atoms with van der Waals surface area (Å²) in [5.41, 5.74) is 1.52.